The third kappa shape index (κ3) is 4.12. The molecule has 1 saturated carbocycles. The predicted octanol–water partition coefficient (Wildman–Crippen LogP) is 2.72. The van der Waals surface area contributed by atoms with Gasteiger partial charge in [0.05, 0.1) is 13.2 Å². The van der Waals surface area contributed by atoms with Gasteiger partial charge in [-0.05, 0) is 24.0 Å². The fourth-order valence-electron chi connectivity index (χ4n) is 3.66. The van der Waals surface area contributed by atoms with Crippen LogP contribution in [-0.2, 0) is 22.6 Å². The van der Waals surface area contributed by atoms with Crippen LogP contribution in [0.4, 0.5) is 0 Å². The van der Waals surface area contributed by atoms with Crippen LogP contribution in [0.25, 0.3) is 0 Å². The maximum atomic E-state index is 12.5. The maximum Gasteiger partial charge on any atom is 0.226 e. The van der Waals surface area contributed by atoms with Crippen molar-refractivity contribution >= 4 is 5.91 Å². The van der Waals surface area contributed by atoms with Crippen molar-refractivity contribution in [3.63, 3.8) is 0 Å². The molecule has 2 aliphatic rings. The molecule has 1 N–H and O–H groups in total. The number of benzene rings is 1. The summed E-state index contributed by atoms with van der Waals surface area (Å²) in [4.78, 5) is 14.9. The molecule has 4 nitrogen and oxygen atoms in total. The number of morpholine rings is 1. The van der Waals surface area contributed by atoms with Gasteiger partial charge < -0.3 is 10.1 Å². The number of carbonyl (C=O) groups is 1. The number of rotatable bonds is 5. The minimum atomic E-state index is -0.154. The van der Waals surface area contributed by atoms with Gasteiger partial charge in [0.2, 0.25) is 5.91 Å². The van der Waals surface area contributed by atoms with Crippen molar-refractivity contribution < 1.29 is 9.53 Å². The lowest BCUT2D eigenvalue weighted by Crippen LogP contribution is -2.37. The Morgan fingerprint density at radius 2 is 1.83 bits per heavy atom. The predicted molar refractivity (Wildman–Crippen MR) is 91.0 cm³/mol. The lowest BCUT2D eigenvalue weighted by Gasteiger charge is -2.27. The quantitative estimate of drug-likeness (QED) is 0.908. The normalized spacial score (nSPS) is 21.3. The van der Waals surface area contributed by atoms with Gasteiger partial charge in [-0.25, -0.2) is 0 Å². The van der Waals surface area contributed by atoms with Crippen LogP contribution in [-0.4, -0.2) is 37.1 Å². The molecule has 0 atom stereocenters. The van der Waals surface area contributed by atoms with Crippen LogP contribution in [0.15, 0.2) is 24.3 Å². The number of carbonyl (C=O) groups excluding carboxylic acids is 1. The Morgan fingerprint density at radius 1 is 1.17 bits per heavy atom. The van der Waals surface area contributed by atoms with E-state index in [-0.39, 0.29) is 11.3 Å². The zero-order valence-corrected chi connectivity index (χ0v) is 14.1. The van der Waals surface area contributed by atoms with E-state index in [4.69, 9.17) is 4.74 Å². The average Bonchev–Trinajstić information content (AvgIpc) is 3.03. The molecule has 1 aliphatic carbocycles. The molecule has 2 fully saturated rings. The Bertz CT molecular complexity index is 532. The van der Waals surface area contributed by atoms with E-state index in [0.717, 1.165) is 45.7 Å². The van der Waals surface area contributed by atoms with Gasteiger partial charge in [0.15, 0.2) is 0 Å². The van der Waals surface area contributed by atoms with E-state index in [2.05, 4.69) is 41.4 Å². The molecule has 0 radical (unpaired) electrons. The average molecular weight is 316 g/mol. The molecule has 1 heterocycles. The summed E-state index contributed by atoms with van der Waals surface area (Å²) in [5.41, 5.74) is 2.39. The highest BCUT2D eigenvalue weighted by Crippen LogP contribution is 2.37. The molecule has 3 rings (SSSR count). The van der Waals surface area contributed by atoms with E-state index < -0.39 is 0 Å². The number of nitrogens with zero attached hydrogens (tertiary/aromatic N) is 1. The van der Waals surface area contributed by atoms with Crippen LogP contribution in [0.3, 0.4) is 0 Å². The molecule has 1 aliphatic heterocycles. The molecule has 1 amide bonds. The highest BCUT2D eigenvalue weighted by atomic mass is 16.5. The number of hydrogen-bond acceptors (Lipinski definition) is 3. The van der Waals surface area contributed by atoms with Gasteiger partial charge in [0, 0.05) is 31.6 Å². The van der Waals surface area contributed by atoms with Crippen LogP contribution >= 0.6 is 0 Å². The Balaban J connectivity index is 1.60. The van der Waals surface area contributed by atoms with E-state index in [1.165, 1.54) is 24.0 Å². The number of nitrogens with one attached hydrogen (secondary N) is 1. The molecule has 1 saturated heterocycles. The Labute approximate surface area is 139 Å². The Morgan fingerprint density at radius 3 is 2.52 bits per heavy atom. The monoisotopic (exact) mass is 316 g/mol. The SMILES string of the molecule is CC1(C(=O)NCc2ccccc2CN2CCOCC2)CCCC1. The molecule has 0 bridgehead atoms. The highest BCUT2D eigenvalue weighted by Gasteiger charge is 2.35. The second-order valence-corrected chi connectivity index (χ2v) is 7.11. The summed E-state index contributed by atoms with van der Waals surface area (Å²) >= 11 is 0. The van der Waals surface area contributed by atoms with E-state index >= 15 is 0 Å². The van der Waals surface area contributed by atoms with Crippen molar-refractivity contribution in [2.24, 2.45) is 5.41 Å². The first kappa shape index (κ1) is 16.5. The van der Waals surface area contributed by atoms with E-state index in [1.54, 1.807) is 0 Å². The van der Waals surface area contributed by atoms with Gasteiger partial charge in [0.1, 0.15) is 0 Å². The molecule has 4 heteroatoms. The third-order valence-electron chi connectivity index (χ3n) is 5.31. The molecular formula is C19H28N2O2. The minimum Gasteiger partial charge on any atom is -0.379 e. The third-order valence-corrected chi connectivity index (χ3v) is 5.31. The lowest BCUT2D eigenvalue weighted by molar-refractivity contribution is -0.130. The van der Waals surface area contributed by atoms with Gasteiger partial charge >= 0.3 is 0 Å². The zero-order chi connectivity index (χ0) is 16.1. The first-order chi connectivity index (χ1) is 11.2. The van der Waals surface area contributed by atoms with Crippen molar-refractivity contribution in [3.8, 4) is 0 Å². The van der Waals surface area contributed by atoms with Crippen molar-refractivity contribution in [3.05, 3.63) is 35.4 Å². The molecular weight excluding hydrogens is 288 g/mol. The lowest BCUT2D eigenvalue weighted by atomic mass is 9.88. The topological polar surface area (TPSA) is 41.6 Å². The smallest absolute Gasteiger partial charge is 0.226 e. The highest BCUT2D eigenvalue weighted by molar-refractivity contribution is 5.82. The zero-order valence-electron chi connectivity index (χ0n) is 14.1. The van der Waals surface area contributed by atoms with E-state index in [9.17, 15) is 4.79 Å². The number of hydrogen-bond donors (Lipinski definition) is 1. The van der Waals surface area contributed by atoms with Gasteiger partial charge in [-0.1, -0.05) is 44.0 Å². The standard InChI is InChI=1S/C19H28N2O2/c1-19(8-4-5-9-19)18(22)20-14-16-6-2-3-7-17(16)15-21-10-12-23-13-11-21/h2-3,6-7H,4-5,8-15H2,1H3,(H,20,22). The first-order valence-corrected chi connectivity index (χ1v) is 8.83. The second kappa shape index (κ2) is 7.45. The summed E-state index contributed by atoms with van der Waals surface area (Å²) in [6.45, 7) is 7.28. The van der Waals surface area contributed by atoms with Crippen LogP contribution in [0.1, 0.15) is 43.7 Å². The van der Waals surface area contributed by atoms with Crippen molar-refractivity contribution in [1.82, 2.24) is 10.2 Å². The van der Waals surface area contributed by atoms with Crippen LogP contribution in [0.5, 0.6) is 0 Å². The summed E-state index contributed by atoms with van der Waals surface area (Å²) in [5, 5.41) is 3.18. The van der Waals surface area contributed by atoms with Crippen molar-refractivity contribution in [2.75, 3.05) is 26.3 Å². The minimum absolute atomic E-state index is 0.154. The van der Waals surface area contributed by atoms with Gasteiger partial charge in [0.25, 0.3) is 0 Å². The van der Waals surface area contributed by atoms with E-state index in [0.29, 0.717) is 6.54 Å². The first-order valence-electron chi connectivity index (χ1n) is 8.83. The largest absolute Gasteiger partial charge is 0.379 e. The molecule has 0 spiro atoms. The molecule has 126 valence electrons. The van der Waals surface area contributed by atoms with Gasteiger partial charge in [-0.15, -0.1) is 0 Å². The number of ether oxygens (including phenoxy) is 1. The fraction of sp³-hybridized carbons (Fsp3) is 0.632. The summed E-state index contributed by atoms with van der Waals surface area (Å²) in [7, 11) is 0. The van der Waals surface area contributed by atoms with Crippen molar-refractivity contribution in [2.45, 2.75) is 45.7 Å². The van der Waals surface area contributed by atoms with Crippen molar-refractivity contribution in [1.29, 1.82) is 0 Å². The number of amides is 1. The second-order valence-electron chi connectivity index (χ2n) is 7.11. The Kier molecular flexibility index (Phi) is 5.34. The van der Waals surface area contributed by atoms with Gasteiger partial charge in [-0.2, -0.15) is 0 Å². The summed E-state index contributed by atoms with van der Waals surface area (Å²) in [6, 6.07) is 8.45. The maximum absolute atomic E-state index is 12.5. The van der Waals surface area contributed by atoms with Gasteiger partial charge in [-0.3, -0.25) is 9.69 Å². The summed E-state index contributed by atoms with van der Waals surface area (Å²) in [5.74, 6) is 0.219. The summed E-state index contributed by atoms with van der Waals surface area (Å²) < 4.78 is 5.42. The van der Waals surface area contributed by atoms with Crippen LogP contribution in [0, 0.1) is 5.41 Å². The van der Waals surface area contributed by atoms with Crippen LogP contribution in [0.2, 0.25) is 0 Å². The van der Waals surface area contributed by atoms with E-state index in [1.807, 2.05) is 0 Å². The molecule has 0 aromatic heterocycles. The van der Waals surface area contributed by atoms with Crippen LogP contribution < -0.4 is 5.32 Å². The Hall–Kier alpha value is -1.39. The molecule has 0 unspecified atom stereocenters. The molecule has 1 aromatic carbocycles. The fourth-order valence-corrected chi connectivity index (χ4v) is 3.66. The summed E-state index contributed by atoms with van der Waals surface area (Å²) in [6.07, 6.45) is 4.40. The molecule has 23 heavy (non-hydrogen) atoms. The molecule has 1 aromatic rings.